The predicted molar refractivity (Wildman–Crippen MR) is 123 cm³/mol. The number of ether oxygens (including phenoxy) is 3. The lowest BCUT2D eigenvalue weighted by Gasteiger charge is -2.36. The summed E-state index contributed by atoms with van der Waals surface area (Å²) in [6, 6.07) is 6.49. The topological polar surface area (TPSA) is 30.9 Å². The molecule has 2 aliphatic heterocycles. The number of hydrogen-bond donors (Lipinski definition) is 0. The number of fused-ring (bicyclic) bond motifs is 2. The molecule has 5 heteroatoms. The Balaban J connectivity index is 1.35. The highest BCUT2D eigenvalue weighted by atomic mass is 32.2. The molecule has 1 aromatic rings. The molecule has 0 saturated carbocycles. The molecule has 30 heavy (non-hydrogen) atoms. The van der Waals surface area contributed by atoms with Gasteiger partial charge in [-0.25, -0.2) is 0 Å². The normalized spacial score (nSPS) is 22.5. The van der Waals surface area contributed by atoms with Gasteiger partial charge in [-0.05, 0) is 55.2 Å². The van der Waals surface area contributed by atoms with E-state index in [0.29, 0.717) is 6.61 Å². The van der Waals surface area contributed by atoms with Gasteiger partial charge in [-0.1, -0.05) is 31.2 Å². The maximum atomic E-state index is 6.20. The minimum atomic E-state index is 0.0854. The van der Waals surface area contributed by atoms with Gasteiger partial charge in [0, 0.05) is 18.8 Å². The summed E-state index contributed by atoms with van der Waals surface area (Å²) in [5, 5.41) is 0. The Bertz CT molecular complexity index is 817. The zero-order valence-electron chi connectivity index (χ0n) is 18.1. The van der Waals surface area contributed by atoms with Crippen LogP contribution in [0.4, 0.5) is 0 Å². The van der Waals surface area contributed by atoms with Crippen LogP contribution in [0.25, 0.3) is 0 Å². The SMILES string of the molecule is CCCN(CCCOc1cccc2c1SCCC2)C1=CC2C(OC)=CC=CC2OC1. The fraction of sp³-hybridized carbons (Fsp3) is 0.520. The van der Waals surface area contributed by atoms with Crippen LogP contribution in [0.2, 0.25) is 0 Å². The summed E-state index contributed by atoms with van der Waals surface area (Å²) in [7, 11) is 1.74. The van der Waals surface area contributed by atoms with Gasteiger partial charge in [-0.2, -0.15) is 0 Å². The quantitative estimate of drug-likeness (QED) is 0.505. The molecule has 0 saturated heterocycles. The standard InChI is InChI=1S/C25H33NO3S/c1-3-13-26(20-17-21-22(27-2)10-5-11-23(21)29-18-20)14-7-15-28-24-12-4-8-19-9-6-16-30-25(19)24/h4-5,8,10-12,17,21,23H,3,6-7,9,13-16,18H2,1-2H3. The van der Waals surface area contributed by atoms with Crippen LogP contribution >= 0.6 is 11.8 Å². The monoisotopic (exact) mass is 427 g/mol. The van der Waals surface area contributed by atoms with Crippen LogP contribution in [-0.2, 0) is 15.9 Å². The van der Waals surface area contributed by atoms with Crippen molar-refractivity contribution in [2.24, 2.45) is 5.92 Å². The fourth-order valence-corrected chi connectivity index (χ4v) is 5.52. The lowest BCUT2D eigenvalue weighted by atomic mass is 9.92. The molecular formula is C25H33NO3S. The number of hydrogen-bond acceptors (Lipinski definition) is 5. The van der Waals surface area contributed by atoms with E-state index in [1.807, 2.05) is 23.9 Å². The largest absolute Gasteiger partial charge is 0.500 e. The van der Waals surface area contributed by atoms with E-state index < -0.39 is 0 Å². The Kier molecular flexibility index (Phi) is 7.45. The number of benzene rings is 1. The molecule has 162 valence electrons. The molecule has 0 spiro atoms. The summed E-state index contributed by atoms with van der Waals surface area (Å²) < 4.78 is 17.9. The molecule has 0 fully saturated rings. The highest BCUT2D eigenvalue weighted by Crippen LogP contribution is 2.37. The van der Waals surface area contributed by atoms with Crippen LogP contribution in [0.3, 0.4) is 0 Å². The summed E-state index contributed by atoms with van der Waals surface area (Å²) in [5.41, 5.74) is 2.71. The molecule has 4 nitrogen and oxygen atoms in total. The molecule has 0 N–H and O–H groups in total. The van der Waals surface area contributed by atoms with E-state index in [0.717, 1.165) is 44.0 Å². The molecule has 2 unspecified atom stereocenters. The first-order chi connectivity index (χ1) is 14.8. The fourth-order valence-electron chi connectivity index (χ4n) is 4.41. The van der Waals surface area contributed by atoms with Crippen LogP contribution < -0.4 is 4.74 Å². The summed E-state index contributed by atoms with van der Waals surface area (Å²) in [5.74, 6) is 3.41. The molecule has 0 radical (unpaired) electrons. The molecule has 0 amide bonds. The highest BCUT2D eigenvalue weighted by molar-refractivity contribution is 7.99. The Morgan fingerprint density at radius 1 is 1.27 bits per heavy atom. The first kappa shape index (κ1) is 21.4. The maximum Gasteiger partial charge on any atom is 0.133 e. The van der Waals surface area contributed by atoms with Crippen LogP contribution in [-0.4, -0.2) is 50.2 Å². The van der Waals surface area contributed by atoms with Gasteiger partial charge >= 0.3 is 0 Å². The molecule has 1 aromatic carbocycles. The van der Waals surface area contributed by atoms with Crippen molar-refractivity contribution in [3.05, 3.63) is 59.5 Å². The molecular weight excluding hydrogens is 394 g/mol. The van der Waals surface area contributed by atoms with Crippen molar-refractivity contribution >= 4 is 11.8 Å². The van der Waals surface area contributed by atoms with Crippen LogP contribution in [0.15, 0.2) is 58.9 Å². The number of thioether (sulfide) groups is 1. The van der Waals surface area contributed by atoms with Crippen molar-refractivity contribution in [2.75, 3.05) is 39.2 Å². The third kappa shape index (κ3) is 4.89. The van der Waals surface area contributed by atoms with Crippen molar-refractivity contribution in [3.63, 3.8) is 0 Å². The number of methoxy groups -OCH3 is 1. The van der Waals surface area contributed by atoms with Gasteiger partial charge in [0.2, 0.25) is 0 Å². The first-order valence-electron chi connectivity index (χ1n) is 11.2. The Labute approximate surface area is 185 Å². The molecule has 4 rings (SSSR count). The third-order valence-corrected chi connectivity index (χ3v) is 7.15. The Morgan fingerprint density at radius 2 is 2.20 bits per heavy atom. The van der Waals surface area contributed by atoms with Gasteiger partial charge in [0.15, 0.2) is 0 Å². The first-order valence-corrected chi connectivity index (χ1v) is 12.2. The Morgan fingerprint density at radius 3 is 3.07 bits per heavy atom. The van der Waals surface area contributed by atoms with Crippen molar-refractivity contribution in [1.29, 1.82) is 0 Å². The average molecular weight is 428 g/mol. The summed E-state index contributed by atoms with van der Waals surface area (Å²) in [6.07, 6.45) is 13.2. The van der Waals surface area contributed by atoms with E-state index in [4.69, 9.17) is 14.2 Å². The van der Waals surface area contributed by atoms with Crippen molar-refractivity contribution in [1.82, 2.24) is 4.90 Å². The highest BCUT2D eigenvalue weighted by Gasteiger charge is 2.30. The number of aryl methyl sites for hydroxylation is 1. The van der Waals surface area contributed by atoms with Crippen LogP contribution in [0.5, 0.6) is 5.75 Å². The summed E-state index contributed by atoms with van der Waals surface area (Å²) in [6.45, 7) is 5.64. The van der Waals surface area contributed by atoms with Gasteiger partial charge < -0.3 is 19.1 Å². The minimum absolute atomic E-state index is 0.0854. The minimum Gasteiger partial charge on any atom is -0.500 e. The summed E-state index contributed by atoms with van der Waals surface area (Å²) in [4.78, 5) is 3.81. The third-order valence-electron chi connectivity index (χ3n) is 5.90. The van der Waals surface area contributed by atoms with E-state index in [1.54, 1.807) is 7.11 Å². The van der Waals surface area contributed by atoms with E-state index >= 15 is 0 Å². The van der Waals surface area contributed by atoms with Crippen molar-refractivity contribution in [3.8, 4) is 5.75 Å². The van der Waals surface area contributed by atoms with Crippen LogP contribution in [0.1, 0.15) is 31.7 Å². The molecule has 3 aliphatic rings. The molecule has 2 atom stereocenters. The average Bonchev–Trinajstić information content (AvgIpc) is 2.80. The number of nitrogens with zero attached hydrogens (tertiary/aromatic N) is 1. The lowest BCUT2D eigenvalue weighted by Crippen LogP contribution is -2.36. The van der Waals surface area contributed by atoms with Gasteiger partial charge in [-0.3, -0.25) is 0 Å². The lowest BCUT2D eigenvalue weighted by molar-refractivity contribution is 0.0371. The van der Waals surface area contributed by atoms with Crippen molar-refractivity contribution in [2.45, 2.75) is 43.6 Å². The van der Waals surface area contributed by atoms with E-state index in [9.17, 15) is 0 Å². The van der Waals surface area contributed by atoms with E-state index in [2.05, 4.69) is 42.2 Å². The number of allylic oxidation sites excluding steroid dienone is 2. The summed E-state index contributed by atoms with van der Waals surface area (Å²) >= 11 is 1.94. The second kappa shape index (κ2) is 10.5. The van der Waals surface area contributed by atoms with Gasteiger partial charge in [0.05, 0.1) is 37.2 Å². The second-order valence-electron chi connectivity index (χ2n) is 8.00. The smallest absolute Gasteiger partial charge is 0.133 e. The van der Waals surface area contributed by atoms with E-state index in [-0.39, 0.29) is 12.0 Å². The molecule has 0 bridgehead atoms. The van der Waals surface area contributed by atoms with Gasteiger partial charge in [0.25, 0.3) is 0 Å². The van der Waals surface area contributed by atoms with Crippen molar-refractivity contribution < 1.29 is 14.2 Å². The predicted octanol–water partition coefficient (Wildman–Crippen LogP) is 5.20. The second-order valence-corrected chi connectivity index (χ2v) is 9.11. The van der Waals surface area contributed by atoms with E-state index in [1.165, 1.54) is 34.8 Å². The molecule has 0 aromatic heterocycles. The van der Waals surface area contributed by atoms with Crippen LogP contribution in [0, 0.1) is 5.92 Å². The zero-order chi connectivity index (χ0) is 20.8. The maximum absolute atomic E-state index is 6.20. The Hall–Kier alpha value is -1.85. The van der Waals surface area contributed by atoms with Gasteiger partial charge in [0.1, 0.15) is 11.5 Å². The van der Waals surface area contributed by atoms with Gasteiger partial charge in [-0.15, -0.1) is 11.8 Å². The number of rotatable bonds is 9. The molecule has 1 aliphatic carbocycles. The molecule has 2 heterocycles. The zero-order valence-corrected chi connectivity index (χ0v) is 19.0.